The number of carbonyl (C=O) groups excluding carboxylic acids is 1. The lowest BCUT2D eigenvalue weighted by molar-refractivity contribution is -0.136. The standard InChI is InChI=1S/C17H27NO4/c1-6-13(7-2)18(9-11(3)4)17(21)16-12(5)10-22-14(16)8-15(19)20/h10-11,13H,6-9H2,1-5H3,(H,19,20). The first-order chi connectivity index (χ1) is 10.3. The first kappa shape index (κ1) is 18.3. The van der Waals surface area contributed by atoms with Gasteiger partial charge in [0.05, 0.1) is 11.8 Å². The minimum atomic E-state index is -0.999. The number of aliphatic carboxylic acids is 1. The van der Waals surface area contributed by atoms with Crippen molar-refractivity contribution >= 4 is 11.9 Å². The molecule has 5 nitrogen and oxygen atoms in total. The second-order valence-electron chi connectivity index (χ2n) is 6.11. The molecule has 1 heterocycles. The molecule has 0 aliphatic rings. The number of carbonyl (C=O) groups is 2. The number of carboxylic acid groups (broad SMARTS) is 1. The van der Waals surface area contributed by atoms with Gasteiger partial charge in [-0.25, -0.2) is 0 Å². The van der Waals surface area contributed by atoms with Crippen molar-refractivity contribution in [3.8, 4) is 0 Å². The molecular weight excluding hydrogens is 282 g/mol. The molecule has 1 aromatic heterocycles. The van der Waals surface area contributed by atoms with Gasteiger partial charge < -0.3 is 14.4 Å². The summed E-state index contributed by atoms with van der Waals surface area (Å²) in [5.41, 5.74) is 1.11. The van der Waals surface area contributed by atoms with Gasteiger partial charge in [0.15, 0.2) is 0 Å². The minimum Gasteiger partial charge on any atom is -0.481 e. The maximum Gasteiger partial charge on any atom is 0.311 e. The molecule has 1 amide bonds. The Kier molecular flexibility index (Phi) is 6.65. The van der Waals surface area contributed by atoms with Crippen LogP contribution in [-0.2, 0) is 11.2 Å². The quantitative estimate of drug-likeness (QED) is 0.798. The van der Waals surface area contributed by atoms with Crippen molar-refractivity contribution in [3.63, 3.8) is 0 Å². The molecule has 0 aliphatic carbocycles. The number of rotatable bonds is 8. The lowest BCUT2D eigenvalue weighted by Crippen LogP contribution is -2.42. The van der Waals surface area contributed by atoms with Gasteiger partial charge in [0.1, 0.15) is 12.2 Å². The molecule has 1 N–H and O–H groups in total. The third-order valence-electron chi connectivity index (χ3n) is 3.78. The summed E-state index contributed by atoms with van der Waals surface area (Å²) in [6.07, 6.45) is 2.94. The van der Waals surface area contributed by atoms with Gasteiger partial charge in [-0.1, -0.05) is 27.7 Å². The van der Waals surface area contributed by atoms with Crippen LogP contribution < -0.4 is 0 Å². The first-order valence-corrected chi connectivity index (χ1v) is 7.91. The molecule has 0 atom stereocenters. The third kappa shape index (κ3) is 4.36. The molecule has 0 saturated heterocycles. The molecule has 5 heteroatoms. The van der Waals surface area contributed by atoms with E-state index in [2.05, 4.69) is 27.7 Å². The van der Waals surface area contributed by atoms with Crippen LogP contribution >= 0.6 is 0 Å². The van der Waals surface area contributed by atoms with Gasteiger partial charge in [0, 0.05) is 18.2 Å². The normalized spacial score (nSPS) is 11.2. The highest BCUT2D eigenvalue weighted by Crippen LogP contribution is 2.23. The van der Waals surface area contributed by atoms with Gasteiger partial charge >= 0.3 is 5.97 Å². The van der Waals surface area contributed by atoms with Crippen molar-refractivity contribution in [3.05, 3.63) is 23.2 Å². The van der Waals surface area contributed by atoms with Crippen LogP contribution in [0.3, 0.4) is 0 Å². The molecule has 124 valence electrons. The van der Waals surface area contributed by atoms with E-state index < -0.39 is 5.97 Å². The molecule has 0 saturated carbocycles. The van der Waals surface area contributed by atoms with Crippen molar-refractivity contribution in [2.24, 2.45) is 5.92 Å². The van der Waals surface area contributed by atoms with Crippen molar-refractivity contribution in [2.45, 2.75) is 59.9 Å². The second-order valence-corrected chi connectivity index (χ2v) is 6.11. The van der Waals surface area contributed by atoms with Crippen LogP contribution in [0.25, 0.3) is 0 Å². The summed E-state index contributed by atoms with van der Waals surface area (Å²) in [6.45, 7) is 10.7. The number of aryl methyl sites for hydroxylation is 1. The van der Waals surface area contributed by atoms with Crippen LogP contribution in [0.2, 0.25) is 0 Å². The highest BCUT2D eigenvalue weighted by atomic mass is 16.4. The summed E-state index contributed by atoms with van der Waals surface area (Å²) < 4.78 is 5.30. The first-order valence-electron chi connectivity index (χ1n) is 7.91. The smallest absolute Gasteiger partial charge is 0.311 e. The van der Waals surface area contributed by atoms with Crippen molar-refractivity contribution in [1.82, 2.24) is 4.90 Å². The molecule has 1 aromatic rings. The van der Waals surface area contributed by atoms with Gasteiger partial charge in [0.25, 0.3) is 5.91 Å². The van der Waals surface area contributed by atoms with E-state index in [4.69, 9.17) is 9.52 Å². The number of hydrogen-bond donors (Lipinski definition) is 1. The van der Waals surface area contributed by atoms with Crippen LogP contribution in [0.1, 0.15) is 62.2 Å². The van der Waals surface area contributed by atoms with E-state index in [-0.39, 0.29) is 24.1 Å². The Labute approximate surface area is 132 Å². The zero-order chi connectivity index (χ0) is 16.9. The summed E-state index contributed by atoms with van der Waals surface area (Å²) in [7, 11) is 0. The van der Waals surface area contributed by atoms with Gasteiger partial charge in [-0.05, 0) is 25.7 Å². The predicted molar refractivity (Wildman–Crippen MR) is 85.0 cm³/mol. The Morgan fingerprint density at radius 2 is 1.86 bits per heavy atom. The van der Waals surface area contributed by atoms with Crippen LogP contribution in [0.4, 0.5) is 0 Å². The summed E-state index contributed by atoms with van der Waals surface area (Å²) >= 11 is 0. The third-order valence-corrected chi connectivity index (χ3v) is 3.78. The average Bonchev–Trinajstić information content (AvgIpc) is 2.78. The average molecular weight is 309 g/mol. The maximum atomic E-state index is 13.0. The molecule has 22 heavy (non-hydrogen) atoms. The van der Waals surface area contributed by atoms with Crippen LogP contribution in [0.15, 0.2) is 10.7 Å². The van der Waals surface area contributed by atoms with Crippen LogP contribution in [-0.4, -0.2) is 34.5 Å². The minimum absolute atomic E-state index is 0.120. The summed E-state index contributed by atoms with van der Waals surface area (Å²) in [6, 6.07) is 0.155. The van der Waals surface area contributed by atoms with E-state index in [1.54, 1.807) is 6.92 Å². The van der Waals surface area contributed by atoms with E-state index in [1.165, 1.54) is 6.26 Å². The van der Waals surface area contributed by atoms with E-state index >= 15 is 0 Å². The zero-order valence-corrected chi connectivity index (χ0v) is 14.2. The fourth-order valence-corrected chi connectivity index (χ4v) is 2.72. The number of nitrogens with zero attached hydrogens (tertiary/aromatic N) is 1. The van der Waals surface area contributed by atoms with Crippen molar-refractivity contribution in [1.29, 1.82) is 0 Å². The number of carboxylic acids is 1. The lowest BCUT2D eigenvalue weighted by Gasteiger charge is -2.32. The largest absolute Gasteiger partial charge is 0.481 e. The highest BCUT2D eigenvalue weighted by Gasteiger charge is 2.28. The number of amides is 1. The molecule has 0 unspecified atom stereocenters. The Morgan fingerprint density at radius 3 is 2.32 bits per heavy atom. The summed E-state index contributed by atoms with van der Waals surface area (Å²) in [5, 5.41) is 8.98. The maximum absolute atomic E-state index is 13.0. The molecule has 0 spiro atoms. The molecular formula is C17H27NO4. The van der Waals surface area contributed by atoms with E-state index in [0.29, 0.717) is 23.6 Å². The zero-order valence-electron chi connectivity index (χ0n) is 14.2. The van der Waals surface area contributed by atoms with Crippen molar-refractivity contribution < 1.29 is 19.1 Å². The Morgan fingerprint density at radius 1 is 1.27 bits per heavy atom. The fourth-order valence-electron chi connectivity index (χ4n) is 2.72. The van der Waals surface area contributed by atoms with Gasteiger partial charge in [0.2, 0.25) is 0 Å². The second kappa shape index (κ2) is 8.01. The summed E-state index contributed by atoms with van der Waals surface area (Å²) in [4.78, 5) is 25.8. The van der Waals surface area contributed by atoms with Gasteiger partial charge in [-0.2, -0.15) is 0 Å². The van der Waals surface area contributed by atoms with E-state index in [1.807, 2.05) is 4.90 Å². The predicted octanol–water partition coefficient (Wildman–Crippen LogP) is 3.50. The summed E-state index contributed by atoms with van der Waals surface area (Å²) in [5.74, 6) is -0.527. The topological polar surface area (TPSA) is 70.8 Å². The molecule has 0 aliphatic heterocycles. The Bertz CT molecular complexity index is 515. The lowest BCUT2D eigenvalue weighted by atomic mass is 10.0. The number of hydrogen-bond acceptors (Lipinski definition) is 3. The van der Waals surface area contributed by atoms with Crippen LogP contribution in [0, 0.1) is 12.8 Å². The molecule has 0 bridgehead atoms. The van der Waals surface area contributed by atoms with Crippen LogP contribution in [0.5, 0.6) is 0 Å². The van der Waals surface area contributed by atoms with E-state index in [0.717, 1.165) is 12.8 Å². The number of furan rings is 1. The molecule has 1 rings (SSSR count). The SMILES string of the molecule is CCC(CC)N(CC(C)C)C(=O)c1c(C)coc1CC(=O)O. The molecule has 0 fully saturated rings. The highest BCUT2D eigenvalue weighted by molar-refractivity contribution is 5.97. The van der Waals surface area contributed by atoms with E-state index in [9.17, 15) is 9.59 Å². The Balaban J connectivity index is 3.18. The van der Waals surface area contributed by atoms with Gasteiger partial charge in [-0.15, -0.1) is 0 Å². The Hall–Kier alpha value is -1.78. The monoisotopic (exact) mass is 309 g/mol. The molecule has 0 radical (unpaired) electrons. The van der Waals surface area contributed by atoms with Gasteiger partial charge in [-0.3, -0.25) is 9.59 Å². The fraction of sp³-hybridized carbons (Fsp3) is 0.647. The van der Waals surface area contributed by atoms with Crippen molar-refractivity contribution in [2.75, 3.05) is 6.54 Å². The molecule has 0 aromatic carbocycles.